The molecule has 2 fully saturated rings. The number of benzene rings is 4. The van der Waals surface area contributed by atoms with E-state index in [1.165, 1.54) is 0 Å². The maximum absolute atomic E-state index is 12.8. The molecule has 10 rings (SSSR count). The van der Waals surface area contributed by atoms with Crippen molar-refractivity contribution in [2.45, 2.75) is 75.4 Å². The number of hydrogen-bond acceptors (Lipinski definition) is 12. The third-order valence-corrected chi connectivity index (χ3v) is 11.3. The highest BCUT2D eigenvalue weighted by Crippen LogP contribution is 2.38. The number of hydrogen-bond donors (Lipinski definition) is 4. The molecular weight excluding hydrogens is 785 g/mol. The number of rotatable bonds is 10. The number of para-hydroxylation sites is 4. The van der Waals surface area contributed by atoms with Crippen molar-refractivity contribution in [3.05, 3.63) is 156 Å². The molecule has 62 heavy (non-hydrogen) atoms. The molecule has 0 spiro atoms. The summed E-state index contributed by atoms with van der Waals surface area (Å²) < 4.78 is 12.0. The lowest BCUT2D eigenvalue weighted by molar-refractivity contribution is 0.102. The summed E-state index contributed by atoms with van der Waals surface area (Å²) in [5, 5.41) is 20.0. The summed E-state index contributed by atoms with van der Waals surface area (Å²) in [5.41, 5.74) is 5.74. The van der Waals surface area contributed by atoms with E-state index in [-0.39, 0.29) is 35.6 Å². The number of aromatic amines is 2. The van der Waals surface area contributed by atoms with Gasteiger partial charge in [-0.05, 0) is 111 Å². The third-order valence-electron chi connectivity index (χ3n) is 11.3. The Balaban J connectivity index is 0.000000158. The summed E-state index contributed by atoms with van der Waals surface area (Å²) >= 11 is 0. The minimum atomic E-state index is -0.308. The lowest BCUT2D eigenvalue weighted by atomic mass is 9.85. The van der Waals surface area contributed by atoms with Crippen LogP contribution in [-0.4, -0.2) is 73.9 Å². The van der Waals surface area contributed by atoms with Crippen molar-refractivity contribution in [2.75, 3.05) is 0 Å². The van der Waals surface area contributed by atoms with Crippen molar-refractivity contribution in [3.63, 3.8) is 0 Å². The van der Waals surface area contributed by atoms with Gasteiger partial charge in [-0.25, -0.2) is 19.9 Å². The second-order valence-electron chi connectivity index (χ2n) is 15.6. The van der Waals surface area contributed by atoms with Crippen molar-refractivity contribution in [1.29, 1.82) is 0 Å². The van der Waals surface area contributed by atoms with Gasteiger partial charge in [-0.15, -0.1) is 0 Å². The predicted octanol–water partition coefficient (Wildman–Crippen LogP) is 8.79. The van der Waals surface area contributed by atoms with Gasteiger partial charge in [0.05, 0.1) is 34.3 Å². The molecular formula is C48H44N8O6. The number of ketones is 2. The molecule has 0 amide bonds. The van der Waals surface area contributed by atoms with E-state index in [2.05, 4.69) is 39.9 Å². The van der Waals surface area contributed by atoms with Crippen LogP contribution in [0.4, 0.5) is 0 Å². The quantitative estimate of drug-likeness (QED) is 0.0956. The van der Waals surface area contributed by atoms with Crippen LogP contribution in [0.15, 0.2) is 122 Å². The fourth-order valence-corrected chi connectivity index (χ4v) is 8.18. The Morgan fingerprint density at radius 2 is 0.919 bits per heavy atom. The summed E-state index contributed by atoms with van der Waals surface area (Å²) in [6, 6.07) is 28.9. The van der Waals surface area contributed by atoms with E-state index >= 15 is 0 Å². The van der Waals surface area contributed by atoms with Crippen LogP contribution in [0, 0.1) is 0 Å². The second-order valence-corrected chi connectivity index (χ2v) is 15.6. The number of nitrogens with zero attached hydrogens (tertiary/aromatic N) is 6. The molecule has 4 aromatic heterocycles. The molecule has 0 unspecified atom stereocenters. The number of aromatic nitrogens is 8. The number of carbonyl (C=O) groups is 2. The first kappa shape index (κ1) is 40.3. The molecule has 2 saturated carbocycles. The first-order valence-corrected chi connectivity index (χ1v) is 20.9. The van der Waals surface area contributed by atoms with Crippen LogP contribution in [-0.2, 0) is 0 Å². The van der Waals surface area contributed by atoms with Gasteiger partial charge in [-0.2, -0.15) is 0 Å². The first-order chi connectivity index (χ1) is 30.3. The minimum absolute atomic E-state index is 0.126. The van der Waals surface area contributed by atoms with Crippen molar-refractivity contribution in [1.82, 2.24) is 39.9 Å². The summed E-state index contributed by atoms with van der Waals surface area (Å²) in [6.45, 7) is 0. The van der Waals surface area contributed by atoms with Crippen LogP contribution in [0.5, 0.6) is 23.3 Å². The minimum Gasteiger partial charge on any atom is -0.437 e. The molecule has 0 radical (unpaired) electrons. The molecule has 14 heteroatoms. The highest BCUT2D eigenvalue weighted by molar-refractivity contribution is 6.08. The number of ether oxygens (including phenoxy) is 2. The molecule has 0 saturated heterocycles. The van der Waals surface area contributed by atoms with Crippen molar-refractivity contribution in [3.8, 4) is 23.3 Å². The van der Waals surface area contributed by atoms with E-state index in [1.807, 2.05) is 48.5 Å². The Hall–Kier alpha value is -7.16. The summed E-state index contributed by atoms with van der Waals surface area (Å²) in [7, 11) is 0. The molecule has 0 bridgehead atoms. The van der Waals surface area contributed by atoms with Gasteiger partial charge in [0.1, 0.15) is 22.9 Å². The van der Waals surface area contributed by atoms with Gasteiger partial charge < -0.3 is 29.7 Å². The zero-order valence-electron chi connectivity index (χ0n) is 33.7. The first-order valence-electron chi connectivity index (χ1n) is 20.9. The maximum atomic E-state index is 12.8. The molecule has 14 nitrogen and oxygen atoms in total. The molecule has 312 valence electrons. The Bertz CT molecular complexity index is 2560. The van der Waals surface area contributed by atoms with E-state index in [9.17, 15) is 19.8 Å². The zero-order valence-corrected chi connectivity index (χ0v) is 33.7. The zero-order chi connectivity index (χ0) is 42.4. The Morgan fingerprint density at radius 3 is 1.32 bits per heavy atom. The smallest absolute Gasteiger partial charge is 0.241 e. The molecule has 2 aliphatic rings. The molecule has 4 atom stereocenters. The van der Waals surface area contributed by atoms with E-state index in [4.69, 9.17) is 9.47 Å². The van der Waals surface area contributed by atoms with Crippen LogP contribution >= 0.6 is 0 Å². The fraction of sp³-hybridized carbons (Fsp3) is 0.250. The van der Waals surface area contributed by atoms with Crippen molar-refractivity contribution >= 4 is 33.6 Å². The van der Waals surface area contributed by atoms with Gasteiger partial charge in [-0.3, -0.25) is 19.6 Å². The van der Waals surface area contributed by atoms with Crippen LogP contribution in [0.3, 0.4) is 0 Å². The maximum Gasteiger partial charge on any atom is 0.241 e. The van der Waals surface area contributed by atoms with Crippen LogP contribution < -0.4 is 9.47 Å². The van der Waals surface area contributed by atoms with Gasteiger partial charge >= 0.3 is 0 Å². The van der Waals surface area contributed by atoms with E-state index < -0.39 is 0 Å². The predicted molar refractivity (Wildman–Crippen MR) is 231 cm³/mol. The average Bonchev–Trinajstić information content (AvgIpc) is 3.95. The van der Waals surface area contributed by atoms with Gasteiger partial charge in [0, 0.05) is 47.8 Å². The Labute approximate surface area is 356 Å². The Morgan fingerprint density at radius 1 is 0.516 bits per heavy atom. The van der Waals surface area contributed by atoms with E-state index in [0.717, 1.165) is 72.0 Å². The average molecular weight is 829 g/mol. The number of fused-ring (bicyclic) bond motifs is 2. The number of aliphatic hydroxyl groups is 2. The molecule has 4 aromatic carbocycles. The van der Waals surface area contributed by atoms with Gasteiger partial charge in [0.25, 0.3) is 0 Å². The molecule has 0 aliphatic heterocycles. The molecule has 2 aliphatic carbocycles. The van der Waals surface area contributed by atoms with E-state index in [1.54, 1.807) is 73.3 Å². The third kappa shape index (κ3) is 9.11. The largest absolute Gasteiger partial charge is 0.437 e. The van der Waals surface area contributed by atoms with Gasteiger partial charge in [0.15, 0.2) is 11.6 Å². The molecule has 8 aromatic rings. The van der Waals surface area contributed by atoms with Gasteiger partial charge in [-0.1, -0.05) is 37.1 Å². The highest BCUT2D eigenvalue weighted by Gasteiger charge is 2.28. The summed E-state index contributed by atoms with van der Waals surface area (Å²) in [5.74, 6) is 2.53. The highest BCUT2D eigenvalue weighted by atomic mass is 16.5. The monoisotopic (exact) mass is 828 g/mol. The normalized spacial score (nSPS) is 18.7. The fourth-order valence-electron chi connectivity index (χ4n) is 8.18. The van der Waals surface area contributed by atoms with Gasteiger partial charge in [0.2, 0.25) is 23.3 Å². The number of aliphatic hydroxyl groups excluding tert-OH is 2. The van der Waals surface area contributed by atoms with Crippen LogP contribution in [0.25, 0.3) is 22.1 Å². The van der Waals surface area contributed by atoms with Crippen LogP contribution in [0.2, 0.25) is 0 Å². The van der Waals surface area contributed by atoms with E-state index in [0.29, 0.717) is 58.9 Å². The second kappa shape index (κ2) is 18.2. The standard InChI is InChI=1S/2C24H22N4O3/c2*29-17-5-3-4-16(14-17)21-24(26-13-12-25-21)31-18-10-8-15(9-11-18)22(30)23-27-19-6-1-2-7-20(19)28-23/h2*1-2,6-13,16-17,29H,3-5,14H2,(H,27,28)/t2*16-,17-/m10/s1. The number of nitrogens with one attached hydrogen (secondary N) is 2. The van der Waals surface area contributed by atoms with Crippen molar-refractivity contribution in [2.24, 2.45) is 0 Å². The number of carbonyl (C=O) groups excluding carboxylic acids is 2. The topological polar surface area (TPSA) is 202 Å². The lowest BCUT2D eigenvalue weighted by Crippen LogP contribution is -2.19. The molecule has 4 N–H and O–H groups in total. The SMILES string of the molecule is O=C(c1ccc(Oc2nccnc2[C@@H]2CCC[C@@H](O)C2)cc1)c1nc2ccccc2[nH]1.O=C(c1ccc(Oc2nccnc2[C@H]2CCC[C@H](O)C2)cc1)c1nc2ccccc2[nH]1. The van der Waals surface area contributed by atoms with Crippen molar-refractivity contribution < 1.29 is 29.3 Å². The summed E-state index contributed by atoms with van der Waals surface area (Å²) in [4.78, 5) is 58.1. The Kier molecular flexibility index (Phi) is 11.8. The number of imidazole rings is 2. The summed E-state index contributed by atoms with van der Waals surface area (Å²) in [6.07, 6.45) is 12.7. The number of H-pyrrole nitrogens is 2. The lowest BCUT2D eigenvalue weighted by Gasteiger charge is -2.26. The van der Waals surface area contributed by atoms with Crippen LogP contribution in [0.1, 0.15) is 107 Å². The molecule has 4 heterocycles.